The van der Waals surface area contributed by atoms with Gasteiger partial charge in [-0.3, -0.25) is 4.79 Å². The van der Waals surface area contributed by atoms with Crippen LogP contribution in [0.4, 0.5) is 0 Å². The molecule has 0 aliphatic rings. The number of carboxylic acids is 1. The molecule has 0 atom stereocenters. The molecule has 4 nitrogen and oxygen atoms in total. The Morgan fingerprint density at radius 2 is 2.00 bits per heavy atom. The molecule has 1 N–H and O–H groups in total. The Bertz CT molecular complexity index is 175. The molecule has 0 unspecified atom stereocenters. The van der Waals surface area contributed by atoms with Gasteiger partial charge in [0.05, 0.1) is 13.5 Å². The molecular weight excluding hydrogens is 343 g/mol. The van der Waals surface area contributed by atoms with Crippen molar-refractivity contribution in [1.29, 1.82) is 0 Å². The first kappa shape index (κ1) is 13.2. The van der Waals surface area contributed by atoms with Crippen LogP contribution >= 0.6 is 0 Å². The maximum absolute atomic E-state index is 10.5. The summed E-state index contributed by atoms with van der Waals surface area (Å²) in [6.07, 6.45) is -0.368. The van der Waals surface area contributed by atoms with E-state index in [0.717, 1.165) is 0 Å². The summed E-state index contributed by atoms with van der Waals surface area (Å²) in [6, 6.07) is 0. The van der Waals surface area contributed by atoms with Crippen molar-refractivity contribution in [2.75, 3.05) is 7.11 Å². The first-order chi connectivity index (χ1) is 4.57. The Morgan fingerprint density at radius 1 is 1.55 bits per heavy atom. The van der Waals surface area contributed by atoms with Crippen LogP contribution in [0.25, 0.3) is 0 Å². The SMILES string of the molecule is C=C(CC(=O)O)C(=O)OC.[PbH2]. The van der Waals surface area contributed by atoms with E-state index in [1.807, 2.05) is 0 Å². The second-order valence-corrected chi connectivity index (χ2v) is 1.67. The molecule has 0 heterocycles. The van der Waals surface area contributed by atoms with Crippen LogP contribution in [0.2, 0.25) is 0 Å². The summed E-state index contributed by atoms with van der Waals surface area (Å²) < 4.78 is 4.21. The molecule has 2 radical (unpaired) electrons. The van der Waals surface area contributed by atoms with E-state index in [1.54, 1.807) is 0 Å². The molecule has 0 bridgehead atoms. The van der Waals surface area contributed by atoms with Gasteiger partial charge in [-0.2, -0.15) is 0 Å². The molecule has 0 aromatic heterocycles. The Labute approximate surface area is 84.4 Å². The molecule has 5 heteroatoms. The van der Waals surface area contributed by atoms with Crippen LogP contribution in [0.15, 0.2) is 12.2 Å². The summed E-state index contributed by atoms with van der Waals surface area (Å²) in [6.45, 7) is 3.21. The molecule has 0 fully saturated rings. The Balaban J connectivity index is 0. The topological polar surface area (TPSA) is 63.6 Å². The average molecular weight is 353 g/mol. The number of methoxy groups -OCH3 is 1. The van der Waals surface area contributed by atoms with Gasteiger partial charge in [-0.25, -0.2) is 4.79 Å². The molecule has 0 spiro atoms. The molecule has 0 aromatic carbocycles. The normalized spacial score (nSPS) is 7.73. The second-order valence-electron chi connectivity index (χ2n) is 1.67. The van der Waals surface area contributed by atoms with Gasteiger partial charge in [0.15, 0.2) is 0 Å². The summed E-state index contributed by atoms with van der Waals surface area (Å²) >= 11 is 0. The molecule has 0 amide bonds. The van der Waals surface area contributed by atoms with Crippen LogP contribution in [0.3, 0.4) is 0 Å². The quantitative estimate of drug-likeness (QED) is 0.413. The van der Waals surface area contributed by atoms with Gasteiger partial charge in [0.2, 0.25) is 0 Å². The Kier molecular flexibility index (Phi) is 7.59. The fourth-order valence-corrected chi connectivity index (χ4v) is 0.399. The third-order valence-corrected chi connectivity index (χ3v) is 0.839. The summed E-state index contributed by atoms with van der Waals surface area (Å²) in [5, 5.41) is 8.16. The van der Waals surface area contributed by atoms with Gasteiger partial charge < -0.3 is 9.84 Å². The molecule has 0 aliphatic heterocycles. The first-order valence-electron chi connectivity index (χ1n) is 2.55. The van der Waals surface area contributed by atoms with Crippen molar-refractivity contribution in [2.24, 2.45) is 0 Å². The van der Waals surface area contributed by atoms with E-state index in [0.29, 0.717) is 0 Å². The third-order valence-electron chi connectivity index (χ3n) is 0.839. The molecule has 62 valence electrons. The van der Waals surface area contributed by atoms with Gasteiger partial charge >= 0.3 is 39.2 Å². The number of aliphatic carboxylic acids is 1. The van der Waals surface area contributed by atoms with E-state index < -0.39 is 11.9 Å². The molecule has 0 aromatic rings. The van der Waals surface area contributed by atoms with Crippen LogP contribution in [0, 0.1) is 0 Å². The van der Waals surface area contributed by atoms with Gasteiger partial charge in [0, 0.05) is 5.57 Å². The van der Waals surface area contributed by atoms with Crippen molar-refractivity contribution < 1.29 is 19.4 Å². The standard InChI is InChI=1S/C6H8O4.Pb.2H/c1-4(3-5(7)8)6(9)10-2;;;/h1,3H2,2H3,(H,7,8);;;. The van der Waals surface area contributed by atoms with E-state index in [1.165, 1.54) is 7.11 Å². The van der Waals surface area contributed by atoms with Crippen molar-refractivity contribution in [3.63, 3.8) is 0 Å². The number of hydrogen-bond donors (Lipinski definition) is 1. The van der Waals surface area contributed by atoms with E-state index in [4.69, 9.17) is 5.11 Å². The van der Waals surface area contributed by atoms with Crippen molar-refractivity contribution in [1.82, 2.24) is 0 Å². The Hall–Kier alpha value is -0.398. The summed E-state index contributed by atoms with van der Waals surface area (Å²) in [4.78, 5) is 20.4. The van der Waals surface area contributed by atoms with Crippen LogP contribution in [0.1, 0.15) is 6.42 Å². The summed E-state index contributed by atoms with van der Waals surface area (Å²) in [5.74, 6) is -1.77. The van der Waals surface area contributed by atoms with Gasteiger partial charge in [-0.05, 0) is 0 Å². The predicted octanol–water partition coefficient (Wildman–Crippen LogP) is -0.726. The van der Waals surface area contributed by atoms with Gasteiger partial charge in [0.25, 0.3) is 0 Å². The van der Waals surface area contributed by atoms with Crippen LogP contribution in [0.5, 0.6) is 0 Å². The van der Waals surface area contributed by atoms with E-state index in [2.05, 4.69) is 11.3 Å². The predicted molar refractivity (Wildman–Crippen MR) is 42.0 cm³/mol. The monoisotopic (exact) mass is 354 g/mol. The summed E-state index contributed by atoms with van der Waals surface area (Å²) in [5.41, 5.74) is -0.0463. The zero-order valence-corrected chi connectivity index (χ0v) is 11.8. The van der Waals surface area contributed by atoms with Crippen LogP contribution < -0.4 is 0 Å². The second kappa shape index (κ2) is 6.32. The fourth-order valence-electron chi connectivity index (χ4n) is 0.399. The average Bonchev–Trinajstić information content (AvgIpc) is 1.85. The number of esters is 1. The van der Waals surface area contributed by atoms with Crippen LogP contribution in [-0.4, -0.2) is 51.5 Å². The number of ether oxygens (including phenoxy) is 1. The Morgan fingerprint density at radius 3 is 2.27 bits per heavy atom. The minimum atomic E-state index is -1.09. The van der Waals surface area contributed by atoms with Gasteiger partial charge in [-0.1, -0.05) is 6.58 Å². The van der Waals surface area contributed by atoms with Gasteiger partial charge in [0.1, 0.15) is 0 Å². The van der Waals surface area contributed by atoms with Crippen molar-refractivity contribution >= 4 is 39.2 Å². The van der Waals surface area contributed by atoms with E-state index in [9.17, 15) is 9.59 Å². The number of carboxylic acid groups (broad SMARTS) is 1. The van der Waals surface area contributed by atoms with E-state index >= 15 is 0 Å². The maximum atomic E-state index is 10.5. The molecular formula is C6H10O4Pb. The number of hydrogen-bond acceptors (Lipinski definition) is 3. The van der Waals surface area contributed by atoms with Crippen molar-refractivity contribution in [3.05, 3.63) is 12.2 Å². The summed E-state index contributed by atoms with van der Waals surface area (Å²) in [7, 11) is 1.18. The first-order valence-corrected chi connectivity index (χ1v) is 2.55. The minimum absolute atomic E-state index is 0. The van der Waals surface area contributed by atoms with E-state index in [-0.39, 0.29) is 39.3 Å². The molecule has 0 saturated carbocycles. The van der Waals surface area contributed by atoms with Crippen molar-refractivity contribution in [2.45, 2.75) is 6.42 Å². The van der Waals surface area contributed by atoms with Crippen molar-refractivity contribution in [3.8, 4) is 0 Å². The molecule has 0 aliphatic carbocycles. The zero-order chi connectivity index (χ0) is 8.15. The number of carbonyl (C=O) groups excluding carboxylic acids is 1. The molecule has 0 saturated heterocycles. The van der Waals surface area contributed by atoms with Crippen LogP contribution in [-0.2, 0) is 14.3 Å². The van der Waals surface area contributed by atoms with Gasteiger partial charge in [-0.15, -0.1) is 0 Å². The third kappa shape index (κ3) is 6.02. The molecule has 11 heavy (non-hydrogen) atoms. The zero-order valence-electron chi connectivity index (χ0n) is 6.29. The fraction of sp³-hybridized carbons (Fsp3) is 0.333. The molecule has 0 rings (SSSR count). The number of rotatable bonds is 3. The number of carbonyl (C=O) groups is 2.